The summed E-state index contributed by atoms with van der Waals surface area (Å²) in [4.78, 5) is 32.1. The fourth-order valence-electron chi connectivity index (χ4n) is 1.07. The van der Waals surface area contributed by atoms with Gasteiger partial charge in [0.15, 0.2) is 0 Å². The minimum atomic E-state index is -1.36. The Kier molecular flexibility index (Phi) is 3.24. The summed E-state index contributed by atoms with van der Waals surface area (Å²) < 4.78 is 4.63. The number of carbonyl (C=O) groups is 3. The lowest BCUT2D eigenvalue weighted by Crippen LogP contribution is -2.09. The van der Waals surface area contributed by atoms with E-state index in [0.717, 1.165) is 25.1 Å². The maximum Gasteiger partial charge on any atom is 0.339 e. The molecule has 0 unspecified atom stereocenters. The van der Waals surface area contributed by atoms with Crippen LogP contribution in [0.5, 0.6) is 5.75 Å². The van der Waals surface area contributed by atoms with E-state index in [1.807, 2.05) is 0 Å². The zero-order chi connectivity index (χ0) is 12.3. The third-order valence-electron chi connectivity index (χ3n) is 1.71. The monoisotopic (exact) mass is 224 g/mol. The summed E-state index contributed by atoms with van der Waals surface area (Å²) in [6.45, 7) is 1.12. The lowest BCUT2D eigenvalue weighted by atomic mass is 10.1. The smallest absolute Gasteiger partial charge is 0.339 e. The van der Waals surface area contributed by atoms with E-state index in [-0.39, 0.29) is 16.9 Å². The van der Waals surface area contributed by atoms with E-state index in [2.05, 4.69) is 4.74 Å². The number of carboxylic acid groups (broad SMARTS) is 2. The standard InChI is InChI=1S/C10H8O6/c1-5(11)16-8-3-2-6(9(12)13)4-7(8)10(14)15/h2-4H,1H3,(H,12,13)(H,14,15). The predicted molar refractivity (Wildman–Crippen MR) is 51.7 cm³/mol. The normalized spacial score (nSPS) is 9.56. The van der Waals surface area contributed by atoms with Gasteiger partial charge in [0.05, 0.1) is 5.56 Å². The molecule has 0 fully saturated rings. The molecular formula is C10H8O6. The molecule has 84 valence electrons. The number of aromatic carboxylic acids is 2. The van der Waals surface area contributed by atoms with E-state index >= 15 is 0 Å². The van der Waals surface area contributed by atoms with Crippen LogP contribution in [0.3, 0.4) is 0 Å². The fraction of sp³-hybridized carbons (Fsp3) is 0.100. The lowest BCUT2D eigenvalue weighted by Gasteiger charge is -2.05. The highest BCUT2D eigenvalue weighted by molar-refractivity contribution is 5.96. The Morgan fingerprint density at radius 3 is 2.19 bits per heavy atom. The van der Waals surface area contributed by atoms with Crippen molar-refractivity contribution >= 4 is 17.9 Å². The second-order valence-electron chi connectivity index (χ2n) is 2.91. The first kappa shape index (κ1) is 11.7. The van der Waals surface area contributed by atoms with Gasteiger partial charge in [-0.2, -0.15) is 0 Å². The van der Waals surface area contributed by atoms with Crippen LogP contribution in [-0.4, -0.2) is 28.1 Å². The molecule has 1 rings (SSSR count). The van der Waals surface area contributed by atoms with Crippen molar-refractivity contribution in [3.63, 3.8) is 0 Å². The Labute approximate surface area is 90.1 Å². The number of carboxylic acids is 2. The third kappa shape index (κ3) is 2.57. The molecule has 0 aliphatic heterocycles. The van der Waals surface area contributed by atoms with Gasteiger partial charge < -0.3 is 14.9 Å². The number of hydrogen-bond acceptors (Lipinski definition) is 4. The highest BCUT2D eigenvalue weighted by Gasteiger charge is 2.16. The molecule has 0 amide bonds. The van der Waals surface area contributed by atoms with Gasteiger partial charge in [-0.05, 0) is 18.2 Å². The number of hydrogen-bond donors (Lipinski definition) is 2. The number of ether oxygens (including phenoxy) is 1. The minimum Gasteiger partial charge on any atom is -0.478 e. The minimum absolute atomic E-state index is 0.176. The summed E-state index contributed by atoms with van der Waals surface area (Å²) in [5, 5.41) is 17.5. The molecule has 0 saturated heterocycles. The van der Waals surface area contributed by atoms with Crippen LogP contribution in [0.2, 0.25) is 0 Å². The highest BCUT2D eigenvalue weighted by Crippen LogP contribution is 2.20. The van der Waals surface area contributed by atoms with Gasteiger partial charge in [-0.25, -0.2) is 9.59 Å². The maximum atomic E-state index is 10.8. The van der Waals surface area contributed by atoms with Crippen molar-refractivity contribution in [2.24, 2.45) is 0 Å². The SMILES string of the molecule is CC(=O)Oc1ccc(C(=O)O)cc1C(=O)O. The lowest BCUT2D eigenvalue weighted by molar-refractivity contribution is -0.131. The second-order valence-corrected chi connectivity index (χ2v) is 2.91. The topological polar surface area (TPSA) is 101 Å². The summed E-state index contributed by atoms with van der Waals surface area (Å²) in [6, 6.07) is 3.23. The molecule has 0 atom stereocenters. The Morgan fingerprint density at radius 2 is 1.75 bits per heavy atom. The number of esters is 1. The molecule has 1 aromatic carbocycles. The van der Waals surface area contributed by atoms with E-state index in [4.69, 9.17) is 10.2 Å². The molecule has 0 aromatic heterocycles. The van der Waals surface area contributed by atoms with Crippen molar-refractivity contribution in [1.29, 1.82) is 0 Å². The summed E-state index contributed by atoms with van der Waals surface area (Å²) in [5.74, 6) is -3.47. The van der Waals surface area contributed by atoms with Gasteiger partial charge in [0.2, 0.25) is 0 Å². The molecule has 16 heavy (non-hydrogen) atoms. The molecule has 0 radical (unpaired) electrons. The third-order valence-corrected chi connectivity index (χ3v) is 1.71. The van der Waals surface area contributed by atoms with Gasteiger partial charge in [0.1, 0.15) is 11.3 Å². The Hall–Kier alpha value is -2.37. The summed E-state index contributed by atoms with van der Waals surface area (Å²) in [7, 11) is 0. The molecule has 0 heterocycles. The molecule has 1 aromatic rings. The zero-order valence-corrected chi connectivity index (χ0v) is 8.26. The van der Waals surface area contributed by atoms with Crippen molar-refractivity contribution in [2.45, 2.75) is 6.92 Å². The predicted octanol–water partition coefficient (Wildman–Crippen LogP) is 1.01. The molecule has 0 saturated carbocycles. The Morgan fingerprint density at radius 1 is 1.12 bits per heavy atom. The summed E-state index contributed by atoms with van der Waals surface area (Å²) in [6.07, 6.45) is 0. The van der Waals surface area contributed by atoms with Crippen LogP contribution in [0.15, 0.2) is 18.2 Å². The van der Waals surface area contributed by atoms with Crippen LogP contribution in [0.4, 0.5) is 0 Å². The van der Waals surface area contributed by atoms with Crippen LogP contribution < -0.4 is 4.74 Å². The molecule has 2 N–H and O–H groups in total. The van der Waals surface area contributed by atoms with Gasteiger partial charge >= 0.3 is 17.9 Å². The van der Waals surface area contributed by atoms with Crippen molar-refractivity contribution < 1.29 is 29.3 Å². The second kappa shape index (κ2) is 4.43. The van der Waals surface area contributed by atoms with E-state index in [9.17, 15) is 14.4 Å². The highest BCUT2D eigenvalue weighted by atomic mass is 16.5. The van der Waals surface area contributed by atoms with Gasteiger partial charge in [-0.3, -0.25) is 4.79 Å². The van der Waals surface area contributed by atoms with E-state index in [0.29, 0.717) is 0 Å². The van der Waals surface area contributed by atoms with E-state index < -0.39 is 17.9 Å². The van der Waals surface area contributed by atoms with Crippen molar-refractivity contribution in [3.05, 3.63) is 29.3 Å². The van der Waals surface area contributed by atoms with Crippen molar-refractivity contribution in [1.82, 2.24) is 0 Å². The molecule has 0 spiro atoms. The summed E-state index contributed by atoms with van der Waals surface area (Å²) >= 11 is 0. The van der Waals surface area contributed by atoms with E-state index in [1.54, 1.807) is 0 Å². The van der Waals surface area contributed by atoms with E-state index in [1.165, 1.54) is 0 Å². The van der Waals surface area contributed by atoms with Crippen molar-refractivity contribution in [2.75, 3.05) is 0 Å². The average molecular weight is 224 g/mol. The van der Waals surface area contributed by atoms with Gasteiger partial charge in [-0.1, -0.05) is 0 Å². The van der Waals surface area contributed by atoms with Gasteiger partial charge in [0, 0.05) is 6.92 Å². The summed E-state index contributed by atoms with van der Waals surface area (Å²) in [5.41, 5.74) is -0.552. The molecule has 0 bridgehead atoms. The van der Waals surface area contributed by atoms with Gasteiger partial charge in [0.25, 0.3) is 0 Å². The number of benzene rings is 1. The first-order valence-corrected chi connectivity index (χ1v) is 4.21. The number of rotatable bonds is 3. The first-order valence-electron chi connectivity index (χ1n) is 4.21. The molecular weight excluding hydrogens is 216 g/mol. The van der Waals surface area contributed by atoms with Gasteiger partial charge in [-0.15, -0.1) is 0 Å². The molecule has 6 nitrogen and oxygen atoms in total. The molecule has 6 heteroatoms. The van der Waals surface area contributed by atoms with Crippen molar-refractivity contribution in [3.8, 4) is 5.75 Å². The quantitative estimate of drug-likeness (QED) is 0.586. The Bertz CT molecular complexity index is 462. The largest absolute Gasteiger partial charge is 0.478 e. The maximum absolute atomic E-state index is 10.8. The Balaban J connectivity index is 3.24. The first-order chi connectivity index (χ1) is 7.41. The van der Waals surface area contributed by atoms with Crippen LogP contribution >= 0.6 is 0 Å². The molecule has 0 aliphatic carbocycles. The molecule has 0 aliphatic rings. The van der Waals surface area contributed by atoms with Crippen LogP contribution in [-0.2, 0) is 4.79 Å². The average Bonchev–Trinajstić information content (AvgIpc) is 2.16. The fourth-order valence-corrected chi connectivity index (χ4v) is 1.07. The number of carbonyl (C=O) groups excluding carboxylic acids is 1. The zero-order valence-electron chi connectivity index (χ0n) is 8.26. The van der Waals surface area contributed by atoms with Crippen LogP contribution in [0.25, 0.3) is 0 Å². The van der Waals surface area contributed by atoms with Crippen LogP contribution in [0, 0.1) is 0 Å². The van der Waals surface area contributed by atoms with Crippen LogP contribution in [0.1, 0.15) is 27.6 Å².